The summed E-state index contributed by atoms with van der Waals surface area (Å²) in [6.45, 7) is 8.16. The minimum atomic E-state index is -0.719. The van der Waals surface area contributed by atoms with E-state index in [4.69, 9.17) is 23.7 Å². The SMILES string of the molecule is COc1cc(C(=O)O[C@H]2CC(C)=CCC[C@]3(C)O[C@@H]3[C@H](O)[C@H]2C(C)C)cc(OC)c1OC. The first-order chi connectivity index (χ1) is 15.1. The number of allylic oxidation sites excluding steroid dienone is 1. The van der Waals surface area contributed by atoms with Crippen molar-refractivity contribution in [1.29, 1.82) is 0 Å². The molecule has 0 aromatic heterocycles. The van der Waals surface area contributed by atoms with Gasteiger partial charge in [-0.05, 0) is 44.7 Å². The Balaban J connectivity index is 1.93. The number of ether oxygens (including phenoxy) is 5. The highest BCUT2D eigenvalue weighted by atomic mass is 16.6. The number of benzene rings is 1. The Bertz CT molecular complexity index is 837. The summed E-state index contributed by atoms with van der Waals surface area (Å²) in [6.07, 6.45) is 3.00. The van der Waals surface area contributed by atoms with Crippen LogP contribution in [0.25, 0.3) is 0 Å². The van der Waals surface area contributed by atoms with Crippen molar-refractivity contribution in [3.8, 4) is 17.2 Å². The van der Waals surface area contributed by atoms with E-state index in [1.807, 2.05) is 27.7 Å². The molecule has 5 atom stereocenters. The first kappa shape index (κ1) is 24.4. The fraction of sp³-hybridized carbons (Fsp3) is 0.640. The molecule has 7 heteroatoms. The van der Waals surface area contributed by atoms with Gasteiger partial charge in [-0.3, -0.25) is 0 Å². The third-order valence-corrected chi connectivity index (χ3v) is 6.66. The molecular formula is C25H36O7. The number of methoxy groups -OCH3 is 3. The third-order valence-electron chi connectivity index (χ3n) is 6.66. The van der Waals surface area contributed by atoms with Crippen molar-refractivity contribution < 1.29 is 33.6 Å². The number of carbonyl (C=O) groups is 1. The zero-order valence-electron chi connectivity index (χ0n) is 20.1. The number of hydrogen-bond donors (Lipinski definition) is 1. The molecule has 0 saturated carbocycles. The molecule has 3 rings (SSSR count). The summed E-state index contributed by atoms with van der Waals surface area (Å²) < 4.78 is 28.1. The van der Waals surface area contributed by atoms with E-state index in [2.05, 4.69) is 6.08 Å². The van der Waals surface area contributed by atoms with Crippen molar-refractivity contribution >= 4 is 5.97 Å². The molecule has 2 aliphatic rings. The highest BCUT2D eigenvalue weighted by molar-refractivity contribution is 5.91. The number of esters is 1. The summed E-state index contributed by atoms with van der Waals surface area (Å²) >= 11 is 0. The summed E-state index contributed by atoms with van der Waals surface area (Å²) in [7, 11) is 4.51. The molecule has 32 heavy (non-hydrogen) atoms. The van der Waals surface area contributed by atoms with Crippen LogP contribution in [0, 0.1) is 11.8 Å². The Morgan fingerprint density at radius 2 is 1.78 bits per heavy atom. The number of aliphatic hydroxyl groups is 1. The third kappa shape index (κ3) is 4.89. The second kappa shape index (κ2) is 9.71. The topological polar surface area (TPSA) is 86.8 Å². The second-order valence-corrected chi connectivity index (χ2v) is 9.31. The predicted octanol–water partition coefficient (Wildman–Crippen LogP) is 4.16. The Kier molecular flexibility index (Phi) is 7.40. The number of hydrogen-bond acceptors (Lipinski definition) is 7. The number of fused-ring (bicyclic) bond motifs is 1. The maximum Gasteiger partial charge on any atom is 0.338 e. The van der Waals surface area contributed by atoms with Gasteiger partial charge in [0.25, 0.3) is 0 Å². The quantitative estimate of drug-likeness (QED) is 0.397. The van der Waals surface area contributed by atoms with Crippen LogP contribution >= 0.6 is 0 Å². The van der Waals surface area contributed by atoms with E-state index in [1.54, 1.807) is 12.1 Å². The molecule has 1 aromatic rings. The first-order valence-electron chi connectivity index (χ1n) is 11.2. The summed E-state index contributed by atoms with van der Waals surface area (Å²) in [5.41, 5.74) is 1.10. The van der Waals surface area contributed by atoms with Gasteiger partial charge in [-0.2, -0.15) is 0 Å². The summed E-state index contributed by atoms with van der Waals surface area (Å²) in [6, 6.07) is 3.16. The van der Waals surface area contributed by atoms with E-state index in [9.17, 15) is 9.90 Å². The van der Waals surface area contributed by atoms with Crippen LogP contribution < -0.4 is 14.2 Å². The maximum atomic E-state index is 13.2. The standard InChI is InChI=1S/C25H36O7/c1-14(2)20-17(11-15(3)9-8-10-25(4)23(32-25)21(20)26)31-24(27)16-12-18(28-5)22(30-7)19(13-16)29-6/h9,12-14,17,20-21,23,26H,8,10-11H2,1-7H3/t17-,20-,21+,23+,25-/m0/s1. The highest BCUT2D eigenvalue weighted by Crippen LogP contribution is 2.47. The van der Waals surface area contributed by atoms with Gasteiger partial charge in [-0.25, -0.2) is 4.79 Å². The van der Waals surface area contributed by atoms with Crippen LogP contribution in [0.3, 0.4) is 0 Å². The van der Waals surface area contributed by atoms with Crippen LogP contribution in [-0.2, 0) is 9.47 Å². The zero-order valence-corrected chi connectivity index (χ0v) is 20.1. The maximum absolute atomic E-state index is 13.2. The minimum Gasteiger partial charge on any atom is -0.493 e. The Hall–Kier alpha value is -2.25. The molecular weight excluding hydrogens is 412 g/mol. The molecule has 0 amide bonds. The van der Waals surface area contributed by atoms with Crippen molar-refractivity contribution in [2.24, 2.45) is 11.8 Å². The molecule has 0 unspecified atom stereocenters. The summed E-state index contributed by atoms with van der Waals surface area (Å²) in [4.78, 5) is 13.2. The van der Waals surface area contributed by atoms with Gasteiger partial charge in [-0.15, -0.1) is 0 Å². The molecule has 1 saturated heterocycles. The van der Waals surface area contributed by atoms with Crippen molar-refractivity contribution in [2.45, 2.75) is 70.9 Å². The fourth-order valence-electron chi connectivity index (χ4n) is 4.80. The second-order valence-electron chi connectivity index (χ2n) is 9.31. The Morgan fingerprint density at radius 1 is 1.16 bits per heavy atom. The summed E-state index contributed by atoms with van der Waals surface area (Å²) in [5, 5.41) is 11.2. The van der Waals surface area contributed by atoms with Gasteiger partial charge >= 0.3 is 5.97 Å². The number of aliphatic hydroxyl groups excluding tert-OH is 1. The zero-order chi connectivity index (χ0) is 23.6. The van der Waals surface area contributed by atoms with Crippen LogP contribution in [-0.4, -0.2) is 56.3 Å². The highest BCUT2D eigenvalue weighted by Gasteiger charge is 2.58. The molecule has 1 N–H and O–H groups in total. The van der Waals surface area contributed by atoms with Crippen molar-refractivity contribution in [3.05, 3.63) is 29.3 Å². The van der Waals surface area contributed by atoms with Gasteiger partial charge in [0.05, 0.1) is 38.6 Å². The van der Waals surface area contributed by atoms with Crippen LogP contribution in [0.1, 0.15) is 57.3 Å². The molecule has 1 fully saturated rings. The van der Waals surface area contributed by atoms with Gasteiger partial charge in [0.2, 0.25) is 5.75 Å². The van der Waals surface area contributed by atoms with Crippen molar-refractivity contribution in [3.63, 3.8) is 0 Å². The van der Waals surface area contributed by atoms with E-state index < -0.39 is 18.2 Å². The number of rotatable bonds is 6. The molecule has 0 radical (unpaired) electrons. The van der Waals surface area contributed by atoms with Crippen LogP contribution in [0.2, 0.25) is 0 Å². The lowest BCUT2D eigenvalue weighted by atomic mass is 9.78. The molecule has 0 bridgehead atoms. The van der Waals surface area contributed by atoms with Crippen LogP contribution in [0.15, 0.2) is 23.8 Å². The lowest BCUT2D eigenvalue weighted by Gasteiger charge is -2.34. The average molecular weight is 449 g/mol. The normalized spacial score (nSPS) is 30.1. The molecule has 1 aromatic carbocycles. The van der Waals surface area contributed by atoms with Gasteiger partial charge in [0.1, 0.15) is 12.2 Å². The van der Waals surface area contributed by atoms with E-state index >= 15 is 0 Å². The lowest BCUT2D eigenvalue weighted by molar-refractivity contribution is -0.0419. The van der Waals surface area contributed by atoms with Gasteiger partial charge in [0, 0.05) is 12.3 Å². The molecule has 1 aliphatic carbocycles. The Morgan fingerprint density at radius 3 is 2.31 bits per heavy atom. The lowest BCUT2D eigenvalue weighted by Crippen LogP contribution is -2.43. The van der Waals surface area contributed by atoms with Crippen LogP contribution in [0.4, 0.5) is 0 Å². The average Bonchev–Trinajstić information content (AvgIpc) is 3.43. The van der Waals surface area contributed by atoms with E-state index in [0.717, 1.165) is 18.4 Å². The van der Waals surface area contributed by atoms with Gasteiger partial charge in [0.15, 0.2) is 11.5 Å². The van der Waals surface area contributed by atoms with Crippen LogP contribution in [0.5, 0.6) is 17.2 Å². The molecule has 1 aliphatic heterocycles. The fourth-order valence-corrected chi connectivity index (χ4v) is 4.80. The van der Waals surface area contributed by atoms with Crippen molar-refractivity contribution in [1.82, 2.24) is 0 Å². The largest absolute Gasteiger partial charge is 0.493 e. The van der Waals surface area contributed by atoms with Gasteiger partial charge < -0.3 is 28.8 Å². The monoisotopic (exact) mass is 448 g/mol. The predicted molar refractivity (Wildman–Crippen MR) is 121 cm³/mol. The molecule has 7 nitrogen and oxygen atoms in total. The molecule has 0 spiro atoms. The van der Waals surface area contributed by atoms with E-state index in [0.29, 0.717) is 29.2 Å². The van der Waals surface area contributed by atoms with E-state index in [1.165, 1.54) is 21.3 Å². The smallest absolute Gasteiger partial charge is 0.338 e. The van der Waals surface area contributed by atoms with Crippen molar-refractivity contribution in [2.75, 3.05) is 21.3 Å². The van der Waals surface area contributed by atoms with E-state index in [-0.39, 0.29) is 23.5 Å². The Labute approximate surface area is 190 Å². The first-order valence-corrected chi connectivity index (χ1v) is 11.2. The summed E-state index contributed by atoms with van der Waals surface area (Å²) in [5.74, 6) is 0.477. The molecule has 178 valence electrons. The number of carbonyl (C=O) groups excluding carboxylic acids is 1. The molecule has 1 heterocycles. The van der Waals surface area contributed by atoms with Gasteiger partial charge in [-0.1, -0.05) is 25.5 Å². The minimum absolute atomic E-state index is 0.0865. The number of epoxide rings is 1.